The molecule has 0 aromatic heterocycles. The van der Waals surface area contributed by atoms with E-state index in [9.17, 15) is 9.59 Å². The van der Waals surface area contributed by atoms with Gasteiger partial charge in [-0.1, -0.05) is 91.0 Å². The number of benzene rings is 3. The average molecular weight is 427 g/mol. The normalized spacial score (nSPS) is 16.4. The van der Waals surface area contributed by atoms with Crippen molar-refractivity contribution >= 4 is 11.8 Å². The minimum absolute atomic E-state index is 0.00239. The summed E-state index contributed by atoms with van der Waals surface area (Å²) in [6.45, 7) is 3.23. The molecule has 0 saturated carbocycles. The first kappa shape index (κ1) is 21.8. The number of rotatable bonds is 6. The van der Waals surface area contributed by atoms with Gasteiger partial charge in [0.15, 0.2) is 0 Å². The molecule has 1 N–H and O–H groups in total. The Labute approximate surface area is 190 Å². The standard InChI is InChI=1S/C28H30N2O2/c1-28(24-15-7-3-8-16-24,25-17-9-4-10-18-25)29-27(32)23-14-11-19-30(21-23)26(31)20-22-12-5-2-6-13-22/h2-10,12-13,15-18,23H,11,14,19-21H2,1H3,(H,29,32). The quantitative estimate of drug-likeness (QED) is 0.629. The van der Waals surface area contributed by atoms with Crippen LogP contribution in [0.25, 0.3) is 0 Å². The Kier molecular flexibility index (Phi) is 6.69. The van der Waals surface area contributed by atoms with Gasteiger partial charge in [-0.15, -0.1) is 0 Å². The van der Waals surface area contributed by atoms with Gasteiger partial charge in [-0.05, 0) is 36.5 Å². The third kappa shape index (κ3) is 4.91. The molecule has 1 atom stereocenters. The molecule has 4 heteroatoms. The molecule has 2 amide bonds. The van der Waals surface area contributed by atoms with Crippen molar-refractivity contribution in [3.05, 3.63) is 108 Å². The van der Waals surface area contributed by atoms with Crippen LogP contribution in [0.15, 0.2) is 91.0 Å². The van der Waals surface area contributed by atoms with Crippen LogP contribution in [-0.4, -0.2) is 29.8 Å². The zero-order chi connectivity index (χ0) is 22.4. The van der Waals surface area contributed by atoms with Crippen LogP contribution in [0.4, 0.5) is 0 Å². The van der Waals surface area contributed by atoms with Gasteiger partial charge in [-0.2, -0.15) is 0 Å². The van der Waals surface area contributed by atoms with Gasteiger partial charge in [0.25, 0.3) is 0 Å². The molecule has 0 spiro atoms. The zero-order valence-corrected chi connectivity index (χ0v) is 18.5. The number of carbonyl (C=O) groups excluding carboxylic acids is 2. The number of hydrogen-bond acceptors (Lipinski definition) is 2. The molecule has 1 saturated heterocycles. The predicted octanol–water partition coefficient (Wildman–Crippen LogP) is 4.55. The smallest absolute Gasteiger partial charge is 0.227 e. The molecular formula is C28H30N2O2. The van der Waals surface area contributed by atoms with Crippen molar-refractivity contribution in [1.29, 1.82) is 0 Å². The molecule has 1 aliphatic rings. The van der Waals surface area contributed by atoms with E-state index < -0.39 is 5.54 Å². The lowest BCUT2D eigenvalue weighted by Crippen LogP contribution is -2.51. The summed E-state index contributed by atoms with van der Waals surface area (Å²) in [5.74, 6) is -0.129. The van der Waals surface area contributed by atoms with Crippen LogP contribution in [0, 0.1) is 5.92 Å². The molecule has 0 radical (unpaired) electrons. The Bertz CT molecular complexity index is 995. The molecule has 1 fully saturated rings. The lowest BCUT2D eigenvalue weighted by Gasteiger charge is -2.37. The van der Waals surface area contributed by atoms with Crippen LogP contribution in [-0.2, 0) is 21.5 Å². The number of amides is 2. The Hall–Kier alpha value is -3.40. The van der Waals surface area contributed by atoms with Crippen LogP contribution < -0.4 is 5.32 Å². The Morgan fingerprint density at radius 3 is 1.97 bits per heavy atom. The lowest BCUT2D eigenvalue weighted by atomic mass is 9.83. The number of piperidine rings is 1. The molecule has 0 aliphatic carbocycles. The van der Waals surface area contributed by atoms with Crippen molar-refractivity contribution in [2.24, 2.45) is 5.92 Å². The monoisotopic (exact) mass is 426 g/mol. The second kappa shape index (κ2) is 9.82. The van der Waals surface area contributed by atoms with E-state index in [1.54, 1.807) is 0 Å². The SMILES string of the molecule is CC(NC(=O)C1CCCN(C(=O)Cc2ccccc2)C1)(c1ccccc1)c1ccccc1. The van der Waals surface area contributed by atoms with E-state index in [-0.39, 0.29) is 17.7 Å². The maximum Gasteiger partial charge on any atom is 0.227 e. The number of likely N-dealkylation sites (tertiary alicyclic amines) is 1. The van der Waals surface area contributed by atoms with Gasteiger partial charge in [0, 0.05) is 13.1 Å². The second-order valence-corrected chi connectivity index (χ2v) is 8.69. The first-order valence-electron chi connectivity index (χ1n) is 11.3. The summed E-state index contributed by atoms with van der Waals surface area (Å²) in [5.41, 5.74) is 2.43. The number of carbonyl (C=O) groups is 2. The van der Waals surface area contributed by atoms with Crippen LogP contribution >= 0.6 is 0 Å². The maximum atomic E-state index is 13.4. The van der Waals surface area contributed by atoms with E-state index in [0.29, 0.717) is 19.5 Å². The summed E-state index contributed by atoms with van der Waals surface area (Å²) >= 11 is 0. The summed E-state index contributed by atoms with van der Waals surface area (Å²) in [6, 6.07) is 29.9. The highest BCUT2D eigenvalue weighted by Gasteiger charge is 2.35. The minimum Gasteiger partial charge on any atom is -0.342 e. The van der Waals surface area contributed by atoms with Gasteiger partial charge in [-0.3, -0.25) is 9.59 Å². The van der Waals surface area contributed by atoms with Crippen molar-refractivity contribution in [3.8, 4) is 0 Å². The zero-order valence-electron chi connectivity index (χ0n) is 18.5. The summed E-state index contributed by atoms with van der Waals surface area (Å²) in [4.78, 5) is 28.1. The van der Waals surface area contributed by atoms with Crippen molar-refractivity contribution in [2.75, 3.05) is 13.1 Å². The third-order valence-electron chi connectivity index (χ3n) is 6.42. The molecule has 164 valence electrons. The van der Waals surface area contributed by atoms with E-state index in [1.165, 1.54) is 0 Å². The Morgan fingerprint density at radius 2 is 1.41 bits per heavy atom. The van der Waals surface area contributed by atoms with Crippen LogP contribution in [0.1, 0.15) is 36.5 Å². The van der Waals surface area contributed by atoms with Crippen LogP contribution in [0.3, 0.4) is 0 Å². The highest BCUT2D eigenvalue weighted by molar-refractivity contribution is 5.83. The third-order valence-corrected chi connectivity index (χ3v) is 6.42. The van der Waals surface area contributed by atoms with E-state index in [1.807, 2.05) is 95.9 Å². The fourth-order valence-corrected chi connectivity index (χ4v) is 4.50. The van der Waals surface area contributed by atoms with Gasteiger partial charge >= 0.3 is 0 Å². The lowest BCUT2D eigenvalue weighted by molar-refractivity contribution is -0.135. The molecule has 32 heavy (non-hydrogen) atoms. The maximum absolute atomic E-state index is 13.4. The minimum atomic E-state index is -0.643. The van der Waals surface area contributed by atoms with E-state index in [4.69, 9.17) is 0 Å². The van der Waals surface area contributed by atoms with Crippen molar-refractivity contribution < 1.29 is 9.59 Å². The van der Waals surface area contributed by atoms with E-state index in [0.717, 1.165) is 29.5 Å². The van der Waals surface area contributed by atoms with Crippen LogP contribution in [0.2, 0.25) is 0 Å². The number of nitrogens with zero attached hydrogens (tertiary/aromatic N) is 1. The van der Waals surface area contributed by atoms with Gasteiger partial charge in [-0.25, -0.2) is 0 Å². The molecule has 4 rings (SSSR count). The topological polar surface area (TPSA) is 49.4 Å². The summed E-state index contributed by atoms with van der Waals surface area (Å²) in [5, 5.41) is 3.33. The van der Waals surface area contributed by atoms with Crippen molar-refractivity contribution in [3.63, 3.8) is 0 Å². The van der Waals surface area contributed by atoms with Gasteiger partial charge in [0.05, 0.1) is 17.9 Å². The molecule has 4 nitrogen and oxygen atoms in total. The number of nitrogens with one attached hydrogen (secondary N) is 1. The summed E-state index contributed by atoms with van der Waals surface area (Å²) in [6.07, 6.45) is 2.01. The first-order chi connectivity index (χ1) is 15.6. The van der Waals surface area contributed by atoms with E-state index >= 15 is 0 Å². The van der Waals surface area contributed by atoms with E-state index in [2.05, 4.69) is 12.2 Å². The molecule has 0 bridgehead atoms. The van der Waals surface area contributed by atoms with Gasteiger partial charge in [0.2, 0.25) is 11.8 Å². The van der Waals surface area contributed by atoms with Crippen molar-refractivity contribution in [2.45, 2.75) is 31.7 Å². The van der Waals surface area contributed by atoms with Gasteiger partial charge < -0.3 is 10.2 Å². The van der Waals surface area contributed by atoms with Gasteiger partial charge in [0.1, 0.15) is 0 Å². The predicted molar refractivity (Wildman–Crippen MR) is 127 cm³/mol. The molecule has 3 aromatic rings. The molecular weight excluding hydrogens is 396 g/mol. The Balaban J connectivity index is 1.49. The number of hydrogen-bond donors (Lipinski definition) is 1. The average Bonchev–Trinajstić information content (AvgIpc) is 2.85. The first-order valence-corrected chi connectivity index (χ1v) is 11.3. The molecule has 1 unspecified atom stereocenters. The molecule has 3 aromatic carbocycles. The van der Waals surface area contributed by atoms with Crippen molar-refractivity contribution in [1.82, 2.24) is 10.2 Å². The summed E-state index contributed by atoms with van der Waals surface area (Å²) in [7, 11) is 0. The van der Waals surface area contributed by atoms with Crippen LogP contribution in [0.5, 0.6) is 0 Å². The highest BCUT2D eigenvalue weighted by Crippen LogP contribution is 2.30. The Morgan fingerprint density at radius 1 is 0.875 bits per heavy atom. The highest BCUT2D eigenvalue weighted by atomic mass is 16.2. The fraction of sp³-hybridized carbons (Fsp3) is 0.286. The summed E-state index contributed by atoms with van der Waals surface area (Å²) < 4.78 is 0. The molecule has 1 heterocycles. The molecule has 1 aliphatic heterocycles. The second-order valence-electron chi connectivity index (χ2n) is 8.69. The fourth-order valence-electron chi connectivity index (χ4n) is 4.50. The largest absolute Gasteiger partial charge is 0.342 e.